The molecule has 4 nitrogen and oxygen atoms in total. The minimum absolute atomic E-state index is 0.166. The normalized spacial score (nSPS) is 36.4. The van der Waals surface area contributed by atoms with Gasteiger partial charge in [0.1, 0.15) is 0 Å². The van der Waals surface area contributed by atoms with E-state index in [1.165, 1.54) is 19.3 Å². The van der Waals surface area contributed by atoms with Gasteiger partial charge in [-0.3, -0.25) is 5.23 Å². The summed E-state index contributed by atoms with van der Waals surface area (Å²) in [6.45, 7) is 5.62. The fourth-order valence-corrected chi connectivity index (χ4v) is 3.48. The first-order valence-electron chi connectivity index (χ1n) is 7.04. The first-order chi connectivity index (χ1) is 8.16. The molecular formula is C13H25N2O2-. The highest BCUT2D eigenvalue weighted by Crippen LogP contribution is 2.29. The lowest BCUT2D eigenvalue weighted by atomic mass is 9.84. The molecule has 3 unspecified atom stereocenters. The van der Waals surface area contributed by atoms with Crippen LogP contribution in [0.2, 0.25) is 0 Å². The summed E-state index contributed by atoms with van der Waals surface area (Å²) in [6, 6.07) is -0.166. The molecule has 1 saturated heterocycles. The maximum Gasteiger partial charge on any atom is 0.0257 e. The third-order valence-corrected chi connectivity index (χ3v) is 4.39. The van der Waals surface area contributed by atoms with Crippen molar-refractivity contribution in [2.24, 2.45) is 11.8 Å². The highest BCUT2D eigenvalue weighted by molar-refractivity contribution is 4.84. The summed E-state index contributed by atoms with van der Waals surface area (Å²) in [5.41, 5.74) is 0. The maximum atomic E-state index is 11.2. The Labute approximate surface area is 104 Å². The molecule has 1 saturated carbocycles. The van der Waals surface area contributed by atoms with E-state index in [-0.39, 0.29) is 11.3 Å². The molecule has 0 aromatic carbocycles. The zero-order valence-electron chi connectivity index (χ0n) is 10.8. The highest BCUT2D eigenvalue weighted by Gasteiger charge is 2.28. The van der Waals surface area contributed by atoms with Crippen LogP contribution in [0.3, 0.4) is 0 Å². The quantitative estimate of drug-likeness (QED) is 0.771. The maximum absolute atomic E-state index is 11.2. The Hall–Kier alpha value is -0.160. The Bertz CT molecular complexity index is 235. The molecule has 1 aliphatic heterocycles. The topological polar surface area (TPSA) is 49.8 Å². The van der Waals surface area contributed by atoms with Crippen LogP contribution in [0.15, 0.2) is 0 Å². The average Bonchev–Trinajstić information content (AvgIpc) is 2.29. The van der Waals surface area contributed by atoms with Gasteiger partial charge in [0.2, 0.25) is 0 Å². The second-order valence-electron chi connectivity index (χ2n) is 5.92. The second-order valence-corrected chi connectivity index (χ2v) is 5.92. The Balaban J connectivity index is 1.86. The second kappa shape index (κ2) is 6.14. The Morgan fingerprint density at radius 3 is 2.71 bits per heavy atom. The van der Waals surface area contributed by atoms with E-state index in [4.69, 9.17) is 0 Å². The van der Waals surface area contributed by atoms with Crippen LogP contribution in [0.5, 0.6) is 0 Å². The third kappa shape index (κ3) is 3.65. The van der Waals surface area contributed by atoms with Crippen molar-refractivity contribution in [2.45, 2.75) is 51.5 Å². The molecule has 3 atom stereocenters. The monoisotopic (exact) mass is 241 g/mol. The summed E-state index contributed by atoms with van der Waals surface area (Å²) in [4.78, 5) is 2.49. The van der Waals surface area contributed by atoms with Gasteiger partial charge in [0.05, 0.1) is 0 Å². The lowest BCUT2D eigenvalue weighted by Crippen LogP contribution is -2.45. The SMILES string of the molecule is CC1CCCN(CC2CCCCC2N([O-])O)C1. The molecule has 17 heavy (non-hydrogen) atoms. The number of hydrogen-bond donors (Lipinski definition) is 1. The predicted octanol–water partition coefficient (Wildman–Crippen LogP) is 2.47. The zero-order chi connectivity index (χ0) is 12.3. The molecule has 2 rings (SSSR count). The summed E-state index contributed by atoms with van der Waals surface area (Å²) in [6.07, 6.45) is 6.84. The van der Waals surface area contributed by atoms with Crippen LogP contribution in [0, 0.1) is 17.0 Å². The molecule has 2 aliphatic rings. The summed E-state index contributed by atoms with van der Waals surface area (Å²) in [5.74, 6) is 1.14. The van der Waals surface area contributed by atoms with Crippen LogP contribution in [0.1, 0.15) is 45.4 Å². The van der Waals surface area contributed by atoms with Crippen LogP contribution >= 0.6 is 0 Å². The first kappa shape index (κ1) is 13.3. The summed E-state index contributed by atoms with van der Waals surface area (Å²) < 4.78 is 0. The van der Waals surface area contributed by atoms with Gasteiger partial charge in [0.25, 0.3) is 0 Å². The molecule has 0 amide bonds. The van der Waals surface area contributed by atoms with Crippen molar-refractivity contribution in [3.8, 4) is 0 Å². The molecule has 0 bridgehead atoms. The molecule has 1 heterocycles. The molecular weight excluding hydrogens is 216 g/mol. The largest absolute Gasteiger partial charge is 0.762 e. The van der Waals surface area contributed by atoms with E-state index in [0.717, 1.165) is 44.8 Å². The van der Waals surface area contributed by atoms with Crippen molar-refractivity contribution in [3.05, 3.63) is 5.21 Å². The van der Waals surface area contributed by atoms with Crippen LogP contribution in [0.4, 0.5) is 0 Å². The third-order valence-electron chi connectivity index (χ3n) is 4.39. The molecule has 4 heteroatoms. The van der Waals surface area contributed by atoms with Crippen molar-refractivity contribution in [2.75, 3.05) is 19.6 Å². The molecule has 0 spiro atoms. The van der Waals surface area contributed by atoms with Gasteiger partial charge in [-0.2, -0.15) is 0 Å². The highest BCUT2D eigenvalue weighted by atomic mass is 16.8. The van der Waals surface area contributed by atoms with Gasteiger partial charge in [-0.05, 0) is 44.1 Å². The Morgan fingerprint density at radius 1 is 1.24 bits per heavy atom. The summed E-state index contributed by atoms with van der Waals surface area (Å²) in [7, 11) is 0. The Morgan fingerprint density at radius 2 is 2.00 bits per heavy atom. The van der Waals surface area contributed by atoms with Crippen molar-refractivity contribution in [3.63, 3.8) is 0 Å². The van der Waals surface area contributed by atoms with Gasteiger partial charge < -0.3 is 15.3 Å². The first-order valence-corrected chi connectivity index (χ1v) is 7.04. The van der Waals surface area contributed by atoms with Gasteiger partial charge >= 0.3 is 0 Å². The fourth-order valence-electron chi connectivity index (χ4n) is 3.48. The fraction of sp³-hybridized carbons (Fsp3) is 1.00. The van der Waals surface area contributed by atoms with E-state index in [1.807, 2.05) is 0 Å². The smallest absolute Gasteiger partial charge is 0.0257 e. The number of rotatable bonds is 3. The minimum Gasteiger partial charge on any atom is -0.762 e. The lowest BCUT2D eigenvalue weighted by Gasteiger charge is -2.43. The molecule has 0 aromatic heterocycles. The van der Waals surface area contributed by atoms with E-state index in [1.54, 1.807) is 0 Å². The van der Waals surface area contributed by atoms with Crippen molar-refractivity contribution in [1.29, 1.82) is 0 Å². The molecule has 100 valence electrons. The van der Waals surface area contributed by atoms with Crippen LogP contribution < -0.4 is 0 Å². The van der Waals surface area contributed by atoms with E-state index >= 15 is 0 Å². The van der Waals surface area contributed by atoms with Gasteiger partial charge in [-0.1, -0.05) is 19.8 Å². The summed E-state index contributed by atoms with van der Waals surface area (Å²) >= 11 is 0. The zero-order valence-corrected chi connectivity index (χ0v) is 10.8. The van der Waals surface area contributed by atoms with Crippen LogP contribution in [-0.2, 0) is 0 Å². The van der Waals surface area contributed by atoms with Gasteiger partial charge in [-0.15, -0.1) is 0 Å². The molecule has 2 fully saturated rings. The molecule has 1 N–H and O–H groups in total. The Kier molecular flexibility index (Phi) is 4.79. The van der Waals surface area contributed by atoms with Crippen molar-refractivity contribution >= 4 is 0 Å². The lowest BCUT2D eigenvalue weighted by molar-refractivity contribution is -0.110. The summed E-state index contributed by atoms with van der Waals surface area (Å²) in [5, 5.41) is 20.6. The van der Waals surface area contributed by atoms with E-state index < -0.39 is 0 Å². The molecule has 1 aliphatic carbocycles. The number of likely N-dealkylation sites (tertiary alicyclic amines) is 1. The standard InChI is InChI=1S/C13H25N2O2/c1-11-5-4-8-14(9-11)10-12-6-2-3-7-13(12)15(16)17/h11-13,16H,2-10H2,1H3/q-1. The number of hydrogen-bond acceptors (Lipinski definition) is 4. The number of piperidine rings is 1. The van der Waals surface area contributed by atoms with E-state index in [0.29, 0.717) is 5.92 Å². The van der Waals surface area contributed by atoms with Crippen LogP contribution in [-0.4, -0.2) is 41.0 Å². The number of nitrogens with zero attached hydrogens (tertiary/aromatic N) is 2. The van der Waals surface area contributed by atoms with Crippen molar-refractivity contribution in [1.82, 2.24) is 10.1 Å². The van der Waals surface area contributed by atoms with Gasteiger partial charge in [-0.25, -0.2) is 0 Å². The number of hydroxylamine groups is 2. The van der Waals surface area contributed by atoms with E-state index in [9.17, 15) is 10.4 Å². The van der Waals surface area contributed by atoms with Crippen LogP contribution in [0.25, 0.3) is 0 Å². The van der Waals surface area contributed by atoms with Crippen molar-refractivity contribution < 1.29 is 5.21 Å². The predicted molar refractivity (Wildman–Crippen MR) is 67.6 cm³/mol. The molecule has 0 radical (unpaired) electrons. The van der Waals surface area contributed by atoms with E-state index in [2.05, 4.69) is 11.8 Å². The average molecular weight is 241 g/mol. The van der Waals surface area contributed by atoms with Gasteiger partial charge in [0, 0.05) is 19.1 Å². The van der Waals surface area contributed by atoms with Gasteiger partial charge in [0.15, 0.2) is 0 Å². The minimum atomic E-state index is -0.166. The molecule has 0 aromatic rings.